The lowest BCUT2D eigenvalue weighted by Crippen LogP contribution is -2.40. The van der Waals surface area contributed by atoms with Crippen molar-refractivity contribution in [2.24, 2.45) is 4.40 Å². The normalized spacial score (nSPS) is 18.2. The zero-order valence-electron chi connectivity index (χ0n) is 17.8. The van der Waals surface area contributed by atoms with Crippen LogP contribution in [0.1, 0.15) is 32.1 Å². The number of thiophene rings is 1. The molecule has 3 rings (SSSR count). The number of rotatable bonds is 6. The predicted octanol–water partition coefficient (Wildman–Crippen LogP) is 6.72. The maximum Gasteiger partial charge on any atom is 0.409 e. The van der Waals surface area contributed by atoms with E-state index in [1.807, 2.05) is 0 Å². The second-order valence-corrected chi connectivity index (χ2v) is 10.9. The van der Waals surface area contributed by atoms with Crippen molar-refractivity contribution in [1.82, 2.24) is 10.6 Å². The molecule has 0 saturated carbocycles. The predicted molar refractivity (Wildman–Crippen MR) is 128 cm³/mol. The van der Waals surface area contributed by atoms with E-state index in [0.29, 0.717) is 5.56 Å². The summed E-state index contributed by atoms with van der Waals surface area (Å²) in [5.41, 5.74) is 0.210. The van der Waals surface area contributed by atoms with E-state index in [0.717, 1.165) is 23.5 Å². The number of hydrogen-bond donors (Lipinski definition) is 2. The van der Waals surface area contributed by atoms with Gasteiger partial charge in [0.15, 0.2) is 4.75 Å². The number of nitrogens with zero attached hydrogens (tertiary/aromatic N) is 1. The molecule has 1 aliphatic rings. The minimum Gasteiger partial charge on any atom is -0.345 e. The third kappa shape index (κ3) is 6.24. The molecule has 2 N–H and O–H groups in total. The molecule has 0 spiro atoms. The molecule has 2 amide bonds. The number of nitrogens with one attached hydrogen (secondary N) is 2. The van der Waals surface area contributed by atoms with Gasteiger partial charge in [0.2, 0.25) is 5.91 Å². The second-order valence-electron chi connectivity index (χ2n) is 7.58. The fraction of sp³-hybridized carbons (Fsp3) is 0.350. The first-order valence-corrected chi connectivity index (χ1v) is 12.5. The Morgan fingerprint density at radius 3 is 2.22 bits per heavy atom. The topological polar surface area (TPSA) is 70.6 Å². The number of hydrogen-bond acceptors (Lipinski definition) is 5. The molecule has 0 bridgehead atoms. The molecule has 1 atom stereocenters. The van der Waals surface area contributed by atoms with Crippen molar-refractivity contribution in [3.63, 3.8) is 0 Å². The average molecular weight is 613 g/mol. The Morgan fingerprint density at radius 1 is 1.06 bits per heavy atom. The molecule has 16 heteroatoms. The third-order valence-corrected chi connectivity index (χ3v) is 8.66. The lowest BCUT2D eigenvalue weighted by Gasteiger charge is -2.30. The van der Waals surface area contributed by atoms with Crippen LogP contribution in [-0.4, -0.2) is 43.0 Å². The maximum absolute atomic E-state index is 14.3. The second kappa shape index (κ2) is 10.6. The van der Waals surface area contributed by atoms with E-state index in [2.05, 4.69) is 9.71 Å². The van der Waals surface area contributed by atoms with Gasteiger partial charge in [0.1, 0.15) is 6.54 Å². The Bertz CT molecular complexity index is 1210. The fourth-order valence-corrected chi connectivity index (χ4v) is 5.86. The van der Waals surface area contributed by atoms with Gasteiger partial charge in [-0.15, -0.1) is 11.3 Å². The van der Waals surface area contributed by atoms with Crippen LogP contribution in [0.4, 0.5) is 26.3 Å². The minimum atomic E-state index is -4.76. The molecule has 0 fully saturated rings. The highest BCUT2D eigenvalue weighted by Crippen LogP contribution is 2.58. The van der Waals surface area contributed by atoms with Gasteiger partial charge in [0.25, 0.3) is 5.91 Å². The number of amides is 2. The van der Waals surface area contributed by atoms with E-state index in [1.165, 1.54) is 13.0 Å². The van der Waals surface area contributed by atoms with Gasteiger partial charge in [-0.25, -0.2) is 4.40 Å². The first kappa shape index (κ1) is 28.9. The highest BCUT2D eigenvalue weighted by Gasteiger charge is 2.60. The van der Waals surface area contributed by atoms with Gasteiger partial charge in [-0.05, 0) is 48.2 Å². The summed E-state index contributed by atoms with van der Waals surface area (Å²) in [6, 6.07) is 3.63. The third-order valence-electron chi connectivity index (χ3n) is 4.94. The largest absolute Gasteiger partial charge is 0.409 e. The average Bonchev–Trinajstić information content (AvgIpc) is 3.38. The molecule has 2 aromatic rings. The Hall–Kier alpha value is -1.67. The van der Waals surface area contributed by atoms with Crippen molar-refractivity contribution in [1.29, 1.82) is 0 Å². The smallest absolute Gasteiger partial charge is 0.345 e. The lowest BCUT2D eigenvalue weighted by molar-refractivity contribution is -0.159. The molecule has 0 aliphatic carbocycles. The van der Waals surface area contributed by atoms with Crippen LogP contribution < -0.4 is 10.6 Å². The molecule has 2 heterocycles. The van der Waals surface area contributed by atoms with Crippen molar-refractivity contribution in [3.05, 3.63) is 54.1 Å². The van der Waals surface area contributed by atoms with Crippen LogP contribution in [-0.2, 0) is 9.54 Å². The molecule has 36 heavy (non-hydrogen) atoms. The van der Waals surface area contributed by atoms with Gasteiger partial charge < -0.3 is 10.6 Å². The summed E-state index contributed by atoms with van der Waals surface area (Å²) in [5.74, 6) is -1.82. The van der Waals surface area contributed by atoms with Crippen LogP contribution in [0.3, 0.4) is 0 Å². The molecule has 5 nitrogen and oxygen atoms in total. The quantitative estimate of drug-likeness (QED) is 0.216. The summed E-state index contributed by atoms with van der Waals surface area (Å²) < 4.78 is 80.9. The monoisotopic (exact) mass is 611 g/mol. The first-order chi connectivity index (χ1) is 16.5. The molecule has 1 aromatic carbocycles. The number of aryl methyl sites for hydroxylation is 1. The summed E-state index contributed by atoms with van der Waals surface area (Å²) in [6.45, 7) is -0.739. The van der Waals surface area contributed by atoms with Crippen molar-refractivity contribution in [2.45, 2.75) is 30.4 Å². The molecule has 1 unspecified atom stereocenters. The van der Waals surface area contributed by atoms with Gasteiger partial charge in [-0.3, -0.25) is 9.59 Å². The summed E-state index contributed by atoms with van der Waals surface area (Å²) >= 11 is 18.9. The van der Waals surface area contributed by atoms with E-state index >= 15 is 0 Å². The Labute approximate surface area is 223 Å². The molecule has 1 aromatic heterocycles. The summed E-state index contributed by atoms with van der Waals surface area (Å²) in [5, 5.41) is 3.42. The van der Waals surface area contributed by atoms with Crippen molar-refractivity contribution >= 4 is 75.6 Å². The van der Waals surface area contributed by atoms with Crippen molar-refractivity contribution in [2.75, 3.05) is 13.1 Å². The molecule has 0 saturated heterocycles. The van der Waals surface area contributed by atoms with E-state index in [9.17, 15) is 35.9 Å². The van der Waals surface area contributed by atoms with Gasteiger partial charge in [-0.1, -0.05) is 34.8 Å². The zero-order valence-corrected chi connectivity index (χ0v) is 21.7. The van der Waals surface area contributed by atoms with Gasteiger partial charge in [0.05, 0.1) is 37.1 Å². The number of alkyl halides is 6. The van der Waals surface area contributed by atoms with Gasteiger partial charge >= 0.3 is 12.4 Å². The van der Waals surface area contributed by atoms with Gasteiger partial charge in [0, 0.05) is 6.42 Å². The molecule has 0 radical (unpaired) electrons. The van der Waals surface area contributed by atoms with Crippen LogP contribution in [0, 0.1) is 6.92 Å². The number of carbonyl (C=O) groups is 2. The Balaban J connectivity index is 1.78. The molecule has 1 aliphatic heterocycles. The molecular formula is C20H14Cl3F6N3O2S2. The summed E-state index contributed by atoms with van der Waals surface area (Å²) in [6.07, 6.45) is -9.96. The van der Waals surface area contributed by atoms with Gasteiger partial charge in [-0.2, -0.15) is 26.3 Å². The highest BCUT2D eigenvalue weighted by molar-refractivity contribution is 7.99. The Morgan fingerprint density at radius 2 is 1.67 bits per heavy atom. The molecule has 196 valence electrons. The van der Waals surface area contributed by atoms with Crippen LogP contribution in [0.25, 0.3) is 0 Å². The highest BCUT2D eigenvalue weighted by atomic mass is 35.5. The van der Waals surface area contributed by atoms with Crippen LogP contribution in [0.15, 0.2) is 22.6 Å². The Kier molecular flexibility index (Phi) is 8.51. The SMILES string of the molecule is Cc1cc(C2=NSC(c3cc(Cl)c(Cl)c(Cl)c3)(C(F)(F)F)C2)sc1C(=O)NCC(=O)NCC(F)(F)F. The first-order valence-electron chi connectivity index (χ1n) is 9.73. The van der Waals surface area contributed by atoms with Crippen LogP contribution in [0.2, 0.25) is 15.1 Å². The van der Waals surface area contributed by atoms with Crippen molar-refractivity contribution < 1.29 is 35.9 Å². The van der Waals surface area contributed by atoms with Crippen molar-refractivity contribution in [3.8, 4) is 0 Å². The van der Waals surface area contributed by atoms with E-state index in [1.54, 1.807) is 5.32 Å². The van der Waals surface area contributed by atoms with E-state index in [4.69, 9.17) is 34.8 Å². The summed E-state index contributed by atoms with van der Waals surface area (Å²) in [4.78, 5) is 24.3. The van der Waals surface area contributed by atoms with Crippen LogP contribution >= 0.6 is 58.1 Å². The van der Waals surface area contributed by atoms with E-state index < -0.39 is 48.4 Å². The lowest BCUT2D eigenvalue weighted by atomic mass is 9.91. The number of carbonyl (C=O) groups excluding carboxylic acids is 2. The zero-order chi connectivity index (χ0) is 27.1. The standard InChI is InChI=1S/C20H14Cl3F6N3O2S2/c1-8-2-13(35-16(8)17(34)30-6-14(33)31-7-19(24,25)26)12-5-18(36-32-12,20(27,28)29)9-3-10(21)15(23)11(22)4-9/h2-4H,5-7H2,1H3,(H,30,34)(H,31,33). The fourth-order valence-electron chi connectivity index (χ4n) is 3.18. The molecular weight excluding hydrogens is 599 g/mol. The summed E-state index contributed by atoms with van der Waals surface area (Å²) in [7, 11) is 0. The van der Waals surface area contributed by atoms with E-state index in [-0.39, 0.29) is 48.0 Å². The number of benzene rings is 1. The number of halogens is 9. The maximum atomic E-state index is 14.3. The van der Waals surface area contributed by atoms with Crippen LogP contribution in [0.5, 0.6) is 0 Å². The minimum absolute atomic E-state index is 0.0644.